The SMILES string of the molecule is COc1cc(C(=O)O)c(F)cc1NSc1ccn(-c2ccc(C3CCC(C(F)(F)F)CC3)cc2)n1. The minimum Gasteiger partial charge on any atom is -0.495 e. The van der Waals surface area contributed by atoms with E-state index < -0.39 is 29.4 Å². The molecule has 2 N–H and O–H groups in total. The molecular weight excluding hydrogens is 486 g/mol. The Morgan fingerprint density at radius 1 is 1.14 bits per heavy atom. The van der Waals surface area contributed by atoms with E-state index in [1.165, 1.54) is 7.11 Å². The molecule has 1 saturated carbocycles. The van der Waals surface area contributed by atoms with Crippen LogP contribution in [0.15, 0.2) is 53.7 Å². The molecule has 2 aromatic carbocycles. The van der Waals surface area contributed by atoms with Crippen molar-refractivity contribution in [3.63, 3.8) is 0 Å². The van der Waals surface area contributed by atoms with Crippen LogP contribution in [0.4, 0.5) is 23.2 Å². The maximum absolute atomic E-state index is 14.1. The molecule has 1 heterocycles. The van der Waals surface area contributed by atoms with Crippen molar-refractivity contribution in [3.8, 4) is 11.4 Å². The van der Waals surface area contributed by atoms with Gasteiger partial charge in [-0.2, -0.15) is 18.3 Å². The van der Waals surface area contributed by atoms with Gasteiger partial charge >= 0.3 is 12.1 Å². The Morgan fingerprint density at radius 3 is 2.43 bits per heavy atom. The topological polar surface area (TPSA) is 76.4 Å². The molecule has 11 heteroatoms. The summed E-state index contributed by atoms with van der Waals surface area (Å²) in [5.74, 6) is -3.18. The fourth-order valence-corrected chi connectivity index (χ4v) is 4.86. The molecule has 0 spiro atoms. The van der Waals surface area contributed by atoms with Crippen molar-refractivity contribution < 1.29 is 32.2 Å². The average Bonchev–Trinajstić information content (AvgIpc) is 3.31. The summed E-state index contributed by atoms with van der Waals surface area (Å²) >= 11 is 1.10. The molecule has 186 valence electrons. The number of methoxy groups -OCH3 is 1. The van der Waals surface area contributed by atoms with Gasteiger partial charge in [0, 0.05) is 24.2 Å². The predicted octanol–water partition coefficient (Wildman–Crippen LogP) is 6.67. The van der Waals surface area contributed by atoms with Crippen LogP contribution < -0.4 is 9.46 Å². The number of aromatic nitrogens is 2. The summed E-state index contributed by atoms with van der Waals surface area (Å²) in [6, 6.07) is 11.5. The number of nitrogens with one attached hydrogen (secondary N) is 1. The van der Waals surface area contributed by atoms with Crippen LogP contribution in [-0.4, -0.2) is 34.1 Å². The first-order valence-electron chi connectivity index (χ1n) is 10.9. The Hall–Kier alpha value is -3.21. The molecule has 0 amide bonds. The van der Waals surface area contributed by atoms with Gasteiger partial charge in [-0.15, -0.1) is 0 Å². The first-order valence-corrected chi connectivity index (χ1v) is 11.7. The Bertz CT molecular complexity index is 1190. The molecule has 1 aromatic heterocycles. The molecule has 35 heavy (non-hydrogen) atoms. The molecule has 0 saturated heterocycles. The summed E-state index contributed by atoms with van der Waals surface area (Å²) in [6.45, 7) is 0. The van der Waals surface area contributed by atoms with Crippen LogP contribution in [0.3, 0.4) is 0 Å². The number of hydrogen-bond acceptors (Lipinski definition) is 5. The number of rotatable bonds is 7. The summed E-state index contributed by atoms with van der Waals surface area (Å²) in [4.78, 5) is 11.1. The highest BCUT2D eigenvalue weighted by atomic mass is 32.2. The van der Waals surface area contributed by atoms with E-state index in [9.17, 15) is 22.4 Å². The van der Waals surface area contributed by atoms with Gasteiger partial charge in [-0.05, 0) is 61.4 Å². The highest BCUT2D eigenvalue weighted by Crippen LogP contribution is 2.43. The van der Waals surface area contributed by atoms with Crippen molar-refractivity contribution in [3.05, 3.63) is 65.6 Å². The van der Waals surface area contributed by atoms with Crippen LogP contribution in [0.25, 0.3) is 5.69 Å². The smallest absolute Gasteiger partial charge is 0.391 e. The van der Waals surface area contributed by atoms with Gasteiger partial charge in [0.1, 0.15) is 16.6 Å². The van der Waals surface area contributed by atoms with Crippen molar-refractivity contribution >= 4 is 23.6 Å². The van der Waals surface area contributed by atoms with Crippen molar-refractivity contribution in [2.45, 2.75) is 42.8 Å². The summed E-state index contributed by atoms with van der Waals surface area (Å²) in [5.41, 5.74) is 1.59. The number of alkyl halides is 3. The lowest BCUT2D eigenvalue weighted by Gasteiger charge is -2.30. The van der Waals surface area contributed by atoms with Crippen molar-refractivity contribution in [2.24, 2.45) is 5.92 Å². The van der Waals surface area contributed by atoms with Gasteiger partial charge in [0.2, 0.25) is 0 Å². The molecule has 0 bridgehead atoms. The normalized spacial score (nSPS) is 18.3. The van der Waals surface area contributed by atoms with Gasteiger partial charge in [0.15, 0.2) is 0 Å². The monoisotopic (exact) mass is 509 g/mol. The third-order valence-corrected chi connectivity index (χ3v) is 6.92. The van der Waals surface area contributed by atoms with Crippen LogP contribution in [0.1, 0.15) is 47.5 Å². The molecule has 0 unspecified atom stereocenters. The number of halogens is 4. The molecule has 3 aromatic rings. The van der Waals surface area contributed by atoms with E-state index in [0.29, 0.717) is 17.9 Å². The molecule has 1 aliphatic carbocycles. The molecule has 0 radical (unpaired) electrons. The van der Waals surface area contributed by atoms with Crippen LogP contribution in [0.2, 0.25) is 0 Å². The highest BCUT2D eigenvalue weighted by molar-refractivity contribution is 8.00. The minimum absolute atomic E-state index is 0.124. The number of nitrogens with zero attached hydrogens (tertiary/aromatic N) is 2. The van der Waals surface area contributed by atoms with Gasteiger partial charge in [0.05, 0.1) is 30.0 Å². The quantitative estimate of drug-likeness (QED) is 0.274. The van der Waals surface area contributed by atoms with E-state index >= 15 is 0 Å². The van der Waals surface area contributed by atoms with Gasteiger partial charge in [-0.3, -0.25) is 0 Å². The highest BCUT2D eigenvalue weighted by Gasteiger charge is 2.41. The van der Waals surface area contributed by atoms with Gasteiger partial charge in [-0.25, -0.2) is 13.9 Å². The molecule has 0 atom stereocenters. The third kappa shape index (κ3) is 5.72. The zero-order valence-corrected chi connectivity index (χ0v) is 19.5. The molecule has 1 aliphatic rings. The van der Waals surface area contributed by atoms with E-state index in [2.05, 4.69) is 9.82 Å². The van der Waals surface area contributed by atoms with Crippen LogP contribution >= 0.6 is 11.9 Å². The number of hydrogen-bond donors (Lipinski definition) is 2. The van der Waals surface area contributed by atoms with Crippen LogP contribution in [-0.2, 0) is 0 Å². The largest absolute Gasteiger partial charge is 0.495 e. The standard InChI is InChI=1S/C24H23F4N3O3S/c1-34-21-12-18(23(32)33)19(25)13-20(21)30-35-22-10-11-31(29-22)17-8-4-15(5-9-17)14-2-6-16(7-3-14)24(26,27)28/h4-5,8-14,16,30H,2-3,6-7H2,1H3,(H,32,33). The van der Waals surface area contributed by atoms with Gasteiger partial charge in [0.25, 0.3) is 0 Å². The first-order chi connectivity index (χ1) is 16.7. The Kier molecular flexibility index (Phi) is 7.25. The lowest BCUT2D eigenvalue weighted by Crippen LogP contribution is -2.27. The molecular formula is C24H23F4N3O3S. The zero-order valence-electron chi connectivity index (χ0n) is 18.7. The Labute approximate surface area is 203 Å². The Balaban J connectivity index is 1.39. The average molecular weight is 510 g/mol. The third-order valence-electron chi connectivity index (χ3n) is 6.17. The lowest BCUT2D eigenvalue weighted by molar-refractivity contribution is -0.182. The Morgan fingerprint density at radius 2 is 1.83 bits per heavy atom. The number of benzene rings is 2. The van der Waals surface area contributed by atoms with Crippen molar-refractivity contribution in [2.75, 3.05) is 11.8 Å². The summed E-state index contributed by atoms with van der Waals surface area (Å²) in [5, 5.41) is 14.1. The van der Waals surface area contributed by atoms with Crippen molar-refractivity contribution in [1.29, 1.82) is 0 Å². The fourth-order valence-electron chi connectivity index (χ4n) is 4.23. The summed E-state index contributed by atoms with van der Waals surface area (Å²) in [7, 11) is 1.36. The zero-order chi connectivity index (χ0) is 25.2. The second kappa shape index (κ2) is 10.2. The molecule has 0 aliphatic heterocycles. The number of carbonyl (C=O) groups is 1. The van der Waals surface area contributed by atoms with E-state index in [4.69, 9.17) is 9.84 Å². The van der Waals surface area contributed by atoms with Gasteiger partial charge in [-0.1, -0.05) is 12.1 Å². The maximum atomic E-state index is 14.1. The predicted molar refractivity (Wildman–Crippen MR) is 124 cm³/mol. The summed E-state index contributed by atoms with van der Waals surface area (Å²) in [6.07, 6.45) is -0.989. The van der Waals surface area contributed by atoms with Crippen LogP contribution in [0.5, 0.6) is 5.75 Å². The van der Waals surface area contributed by atoms with Crippen LogP contribution in [0, 0.1) is 11.7 Å². The minimum atomic E-state index is -4.11. The molecule has 1 fully saturated rings. The molecule has 4 rings (SSSR count). The van der Waals surface area contributed by atoms with E-state index in [1.54, 1.807) is 16.9 Å². The number of aromatic carboxylic acids is 1. The number of ether oxygens (including phenoxy) is 1. The first kappa shape index (κ1) is 24.9. The molecule has 6 nitrogen and oxygen atoms in total. The second-order valence-corrected chi connectivity index (χ2v) is 9.15. The second-order valence-electron chi connectivity index (χ2n) is 8.32. The lowest BCUT2D eigenvalue weighted by atomic mass is 9.78. The van der Waals surface area contributed by atoms with E-state index in [1.807, 2.05) is 24.3 Å². The van der Waals surface area contributed by atoms with Crippen molar-refractivity contribution in [1.82, 2.24) is 9.78 Å². The number of carboxylic acids is 1. The number of anilines is 1. The van der Waals surface area contributed by atoms with E-state index in [-0.39, 0.29) is 30.2 Å². The van der Waals surface area contributed by atoms with E-state index in [0.717, 1.165) is 35.3 Å². The summed E-state index contributed by atoms with van der Waals surface area (Å²) < 4.78 is 62.5. The fraction of sp³-hybridized carbons (Fsp3) is 0.333. The maximum Gasteiger partial charge on any atom is 0.391 e. The number of carboxylic acid groups (broad SMARTS) is 1. The van der Waals surface area contributed by atoms with Gasteiger partial charge < -0.3 is 14.6 Å².